The van der Waals surface area contributed by atoms with Gasteiger partial charge in [0, 0.05) is 21.7 Å². The van der Waals surface area contributed by atoms with Crippen LogP contribution in [-0.4, -0.2) is 11.0 Å². The lowest BCUT2D eigenvalue weighted by atomic mass is 10.2. The number of halogens is 3. The average molecular weight is 300 g/mol. The van der Waals surface area contributed by atoms with Crippen LogP contribution in [-0.2, 0) is 0 Å². The van der Waals surface area contributed by atoms with Crippen LogP contribution in [0.2, 0.25) is 10.0 Å². The molecule has 98 valence electrons. The minimum absolute atomic E-state index is 0.0427. The number of aromatic hydroxyl groups is 1. The Morgan fingerprint density at radius 3 is 2.32 bits per heavy atom. The number of benzene rings is 2. The number of carbonyl (C=O) groups excluding carboxylic acids is 1. The van der Waals surface area contributed by atoms with E-state index in [1.807, 2.05) is 0 Å². The number of amides is 1. The lowest BCUT2D eigenvalue weighted by Gasteiger charge is -2.07. The van der Waals surface area contributed by atoms with E-state index in [1.54, 1.807) is 0 Å². The van der Waals surface area contributed by atoms with E-state index in [0.717, 1.165) is 6.07 Å². The average Bonchev–Trinajstić information content (AvgIpc) is 2.31. The molecule has 0 saturated carbocycles. The van der Waals surface area contributed by atoms with Crippen molar-refractivity contribution in [1.82, 2.24) is 0 Å². The molecule has 6 heteroatoms. The molecule has 0 aliphatic carbocycles. The predicted octanol–water partition coefficient (Wildman–Crippen LogP) is 4.09. The van der Waals surface area contributed by atoms with Crippen LogP contribution in [0.5, 0.6) is 5.75 Å². The Morgan fingerprint density at radius 1 is 1.11 bits per heavy atom. The number of nitrogens with one attached hydrogen (secondary N) is 1. The lowest BCUT2D eigenvalue weighted by Crippen LogP contribution is -2.12. The van der Waals surface area contributed by atoms with Gasteiger partial charge in [-0.3, -0.25) is 4.79 Å². The summed E-state index contributed by atoms with van der Waals surface area (Å²) in [5.74, 6) is -1.50. The highest BCUT2D eigenvalue weighted by molar-refractivity contribution is 6.35. The molecule has 0 spiro atoms. The summed E-state index contributed by atoms with van der Waals surface area (Å²) in [4.78, 5) is 11.9. The molecule has 0 aliphatic rings. The highest BCUT2D eigenvalue weighted by Gasteiger charge is 2.11. The molecule has 0 aromatic heterocycles. The standard InChI is InChI=1S/C13H8Cl2FNO2/c14-8-3-7(4-9(15)5-8)13(19)17-12-2-1-10(18)6-11(12)16/h1-6,18H,(H,17,19). The second-order valence-electron chi connectivity index (χ2n) is 3.78. The van der Waals surface area contributed by atoms with E-state index in [4.69, 9.17) is 28.3 Å². The molecule has 0 bridgehead atoms. The number of carbonyl (C=O) groups is 1. The maximum atomic E-state index is 13.5. The van der Waals surface area contributed by atoms with Crippen molar-refractivity contribution in [3.05, 3.63) is 57.8 Å². The van der Waals surface area contributed by atoms with Crippen molar-refractivity contribution < 1.29 is 14.3 Å². The number of hydrogen-bond donors (Lipinski definition) is 2. The lowest BCUT2D eigenvalue weighted by molar-refractivity contribution is 0.102. The first-order valence-corrected chi connectivity index (χ1v) is 5.97. The zero-order chi connectivity index (χ0) is 14.0. The van der Waals surface area contributed by atoms with Gasteiger partial charge in [-0.15, -0.1) is 0 Å². The van der Waals surface area contributed by atoms with Crippen molar-refractivity contribution in [3.63, 3.8) is 0 Å². The summed E-state index contributed by atoms with van der Waals surface area (Å²) in [5, 5.41) is 12.1. The zero-order valence-electron chi connectivity index (χ0n) is 9.45. The molecule has 0 heterocycles. The van der Waals surface area contributed by atoms with E-state index in [0.29, 0.717) is 10.0 Å². The van der Waals surface area contributed by atoms with E-state index in [9.17, 15) is 9.18 Å². The van der Waals surface area contributed by atoms with Crippen LogP contribution in [0, 0.1) is 5.82 Å². The maximum Gasteiger partial charge on any atom is 0.255 e. The van der Waals surface area contributed by atoms with E-state index >= 15 is 0 Å². The second-order valence-corrected chi connectivity index (χ2v) is 4.65. The smallest absolute Gasteiger partial charge is 0.255 e. The van der Waals surface area contributed by atoms with Crippen molar-refractivity contribution in [1.29, 1.82) is 0 Å². The normalized spacial score (nSPS) is 10.3. The van der Waals surface area contributed by atoms with Crippen LogP contribution >= 0.6 is 23.2 Å². The number of anilines is 1. The fraction of sp³-hybridized carbons (Fsp3) is 0. The second kappa shape index (κ2) is 5.47. The van der Waals surface area contributed by atoms with Crippen LogP contribution in [0.1, 0.15) is 10.4 Å². The van der Waals surface area contributed by atoms with Gasteiger partial charge in [-0.05, 0) is 30.3 Å². The van der Waals surface area contributed by atoms with Gasteiger partial charge in [0.1, 0.15) is 11.6 Å². The van der Waals surface area contributed by atoms with Crippen LogP contribution < -0.4 is 5.32 Å². The third-order valence-electron chi connectivity index (χ3n) is 2.33. The third-order valence-corrected chi connectivity index (χ3v) is 2.76. The third kappa shape index (κ3) is 3.36. The Balaban J connectivity index is 2.25. The van der Waals surface area contributed by atoms with Crippen molar-refractivity contribution >= 4 is 34.8 Å². The van der Waals surface area contributed by atoms with Gasteiger partial charge in [0.05, 0.1) is 5.69 Å². The minimum Gasteiger partial charge on any atom is -0.508 e. The number of phenolic OH excluding ortho intramolecular Hbond substituents is 1. The number of hydrogen-bond acceptors (Lipinski definition) is 2. The number of phenols is 1. The van der Waals surface area contributed by atoms with Crippen molar-refractivity contribution in [2.45, 2.75) is 0 Å². The van der Waals surface area contributed by atoms with Gasteiger partial charge in [-0.25, -0.2) is 4.39 Å². The Bertz CT molecular complexity index is 626. The van der Waals surface area contributed by atoms with Crippen molar-refractivity contribution in [3.8, 4) is 5.75 Å². The minimum atomic E-state index is -0.735. The van der Waals surface area contributed by atoms with Gasteiger partial charge in [0.25, 0.3) is 5.91 Å². The Morgan fingerprint density at radius 2 is 1.74 bits per heavy atom. The SMILES string of the molecule is O=C(Nc1ccc(O)cc1F)c1cc(Cl)cc(Cl)c1. The summed E-state index contributed by atoms with van der Waals surface area (Å²) in [6.07, 6.45) is 0. The Hall–Kier alpha value is -1.78. The summed E-state index contributed by atoms with van der Waals surface area (Å²) in [6.45, 7) is 0. The molecule has 2 aromatic carbocycles. The Kier molecular flexibility index (Phi) is 3.93. The van der Waals surface area contributed by atoms with E-state index in [1.165, 1.54) is 30.3 Å². The largest absolute Gasteiger partial charge is 0.508 e. The van der Waals surface area contributed by atoms with Gasteiger partial charge < -0.3 is 10.4 Å². The first kappa shape index (κ1) is 13.6. The molecule has 2 rings (SSSR count). The monoisotopic (exact) mass is 299 g/mol. The molecule has 0 radical (unpaired) electrons. The highest BCUT2D eigenvalue weighted by Crippen LogP contribution is 2.22. The molecule has 2 aromatic rings. The highest BCUT2D eigenvalue weighted by atomic mass is 35.5. The topological polar surface area (TPSA) is 49.3 Å². The molecule has 0 saturated heterocycles. The van der Waals surface area contributed by atoms with Crippen molar-refractivity contribution in [2.24, 2.45) is 0 Å². The van der Waals surface area contributed by atoms with E-state index in [-0.39, 0.29) is 17.0 Å². The van der Waals surface area contributed by atoms with Gasteiger partial charge in [-0.2, -0.15) is 0 Å². The fourth-order valence-corrected chi connectivity index (χ4v) is 2.01. The van der Waals surface area contributed by atoms with Crippen LogP contribution in [0.15, 0.2) is 36.4 Å². The van der Waals surface area contributed by atoms with Crippen LogP contribution in [0.4, 0.5) is 10.1 Å². The molecule has 0 unspecified atom stereocenters. The first-order chi connectivity index (χ1) is 8.95. The van der Waals surface area contributed by atoms with Crippen LogP contribution in [0.3, 0.4) is 0 Å². The zero-order valence-corrected chi connectivity index (χ0v) is 11.0. The van der Waals surface area contributed by atoms with E-state index < -0.39 is 11.7 Å². The molecule has 0 atom stereocenters. The molecule has 0 fully saturated rings. The quantitative estimate of drug-likeness (QED) is 0.821. The maximum absolute atomic E-state index is 13.5. The summed E-state index contributed by atoms with van der Waals surface area (Å²) < 4.78 is 13.5. The van der Waals surface area contributed by atoms with Crippen molar-refractivity contribution in [2.75, 3.05) is 5.32 Å². The van der Waals surface area contributed by atoms with E-state index in [2.05, 4.69) is 5.32 Å². The predicted molar refractivity (Wildman–Crippen MR) is 72.5 cm³/mol. The Labute approximate surface area is 118 Å². The first-order valence-electron chi connectivity index (χ1n) is 5.21. The summed E-state index contributed by atoms with van der Waals surface area (Å²) in [5.41, 5.74) is 0.170. The molecule has 0 aliphatic heterocycles. The summed E-state index contributed by atoms with van der Waals surface area (Å²) in [6, 6.07) is 7.75. The molecule has 1 amide bonds. The number of rotatable bonds is 2. The molecular weight excluding hydrogens is 292 g/mol. The van der Waals surface area contributed by atoms with Gasteiger partial charge in [0.2, 0.25) is 0 Å². The molecule has 3 nitrogen and oxygen atoms in total. The van der Waals surface area contributed by atoms with Gasteiger partial charge in [0.15, 0.2) is 0 Å². The molecule has 2 N–H and O–H groups in total. The molecular formula is C13H8Cl2FNO2. The molecule has 19 heavy (non-hydrogen) atoms. The van der Waals surface area contributed by atoms with Gasteiger partial charge in [-0.1, -0.05) is 23.2 Å². The van der Waals surface area contributed by atoms with Crippen LogP contribution in [0.25, 0.3) is 0 Å². The fourth-order valence-electron chi connectivity index (χ4n) is 1.48. The summed E-state index contributed by atoms with van der Waals surface area (Å²) >= 11 is 11.6. The van der Waals surface area contributed by atoms with Gasteiger partial charge >= 0.3 is 0 Å². The summed E-state index contributed by atoms with van der Waals surface area (Å²) in [7, 11) is 0.